The Morgan fingerprint density at radius 2 is 1.49 bits per heavy atom. The second-order valence-corrected chi connectivity index (χ2v) is 9.72. The number of aryl methyl sites for hydroxylation is 1. The lowest BCUT2D eigenvalue weighted by Gasteiger charge is -2.18. The van der Waals surface area contributed by atoms with Crippen LogP contribution in [0.25, 0.3) is 6.08 Å². The van der Waals surface area contributed by atoms with Gasteiger partial charge in [0.1, 0.15) is 17.2 Å². The molecule has 7 heteroatoms. The molecule has 7 nitrogen and oxygen atoms in total. The maximum Gasteiger partial charge on any atom is 0.343 e. The maximum atomic E-state index is 13.2. The summed E-state index contributed by atoms with van der Waals surface area (Å²) >= 11 is 0. The van der Waals surface area contributed by atoms with Gasteiger partial charge >= 0.3 is 5.97 Å². The molecular formula is C30H30O7. The Hall–Kier alpha value is -4.26. The van der Waals surface area contributed by atoms with Gasteiger partial charge in [0.15, 0.2) is 17.3 Å². The van der Waals surface area contributed by atoms with Gasteiger partial charge in [-0.25, -0.2) is 4.79 Å². The standard InChI is InChI=1S/C30H30O7/c1-17-12-21(36-29(32)18-8-10-20(11-9-18)30(2,3)4)15-25-27(17)28(31)26(37-25)14-19-13-23(34-6)24(35-7)16-22(19)33-5/h8-16H,1-7H3/b26-14-. The molecule has 0 radical (unpaired) electrons. The number of ketones is 1. The number of hydrogen-bond acceptors (Lipinski definition) is 7. The molecule has 0 atom stereocenters. The van der Waals surface area contributed by atoms with Crippen LogP contribution >= 0.6 is 0 Å². The number of Topliss-reactive ketones (excluding diaryl/α,β-unsaturated/α-hetero) is 1. The third-order valence-corrected chi connectivity index (χ3v) is 6.16. The first-order valence-electron chi connectivity index (χ1n) is 11.8. The van der Waals surface area contributed by atoms with E-state index in [1.165, 1.54) is 21.3 Å². The van der Waals surface area contributed by atoms with Crippen LogP contribution in [-0.4, -0.2) is 33.1 Å². The molecular weight excluding hydrogens is 472 g/mol. The lowest BCUT2D eigenvalue weighted by atomic mass is 9.87. The van der Waals surface area contributed by atoms with Crippen molar-refractivity contribution in [1.82, 2.24) is 0 Å². The van der Waals surface area contributed by atoms with Crippen LogP contribution in [0.1, 0.15) is 58.2 Å². The number of benzene rings is 3. The second-order valence-electron chi connectivity index (χ2n) is 9.72. The fourth-order valence-electron chi connectivity index (χ4n) is 4.12. The van der Waals surface area contributed by atoms with Gasteiger partial charge in [0.25, 0.3) is 0 Å². The van der Waals surface area contributed by atoms with E-state index in [9.17, 15) is 9.59 Å². The highest BCUT2D eigenvalue weighted by Crippen LogP contribution is 2.40. The van der Waals surface area contributed by atoms with Crippen LogP contribution in [0.4, 0.5) is 0 Å². The van der Waals surface area contributed by atoms with Crippen LogP contribution in [0.2, 0.25) is 0 Å². The van der Waals surface area contributed by atoms with Crippen molar-refractivity contribution in [3.8, 4) is 28.7 Å². The van der Waals surface area contributed by atoms with E-state index in [4.69, 9.17) is 23.7 Å². The Kier molecular flexibility index (Phi) is 6.99. The fourth-order valence-corrected chi connectivity index (χ4v) is 4.12. The zero-order chi connectivity index (χ0) is 26.9. The molecule has 1 heterocycles. The molecule has 1 aliphatic heterocycles. The van der Waals surface area contributed by atoms with E-state index < -0.39 is 5.97 Å². The van der Waals surface area contributed by atoms with Crippen molar-refractivity contribution in [1.29, 1.82) is 0 Å². The Balaban J connectivity index is 1.60. The zero-order valence-electron chi connectivity index (χ0n) is 22.1. The van der Waals surface area contributed by atoms with Crippen molar-refractivity contribution >= 4 is 17.8 Å². The molecule has 0 bridgehead atoms. The lowest BCUT2D eigenvalue weighted by molar-refractivity contribution is 0.0734. The van der Waals surface area contributed by atoms with E-state index in [0.29, 0.717) is 51.0 Å². The molecule has 192 valence electrons. The van der Waals surface area contributed by atoms with Crippen molar-refractivity contribution in [2.24, 2.45) is 0 Å². The van der Waals surface area contributed by atoms with Crippen LogP contribution in [0.5, 0.6) is 28.7 Å². The van der Waals surface area contributed by atoms with Crippen LogP contribution in [0, 0.1) is 6.92 Å². The van der Waals surface area contributed by atoms with Gasteiger partial charge in [-0.15, -0.1) is 0 Å². The van der Waals surface area contributed by atoms with E-state index in [2.05, 4.69) is 20.8 Å². The Bertz CT molecular complexity index is 1390. The van der Waals surface area contributed by atoms with E-state index in [0.717, 1.165) is 5.56 Å². The monoisotopic (exact) mass is 502 g/mol. The summed E-state index contributed by atoms with van der Waals surface area (Å²) in [6.45, 7) is 8.10. The van der Waals surface area contributed by atoms with E-state index in [1.807, 2.05) is 12.1 Å². The number of methoxy groups -OCH3 is 3. The van der Waals surface area contributed by atoms with Crippen molar-refractivity contribution in [2.45, 2.75) is 33.1 Å². The summed E-state index contributed by atoms with van der Waals surface area (Å²) < 4.78 is 27.7. The summed E-state index contributed by atoms with van der Waals surface area (Å²) in [5.41, 5.74) is 3.17. The highest BCUT2D eigenvalue weighted by molar-refractivity contribution is 6.15. The largest absolute Gasteiger partial charge is 0.496 e. The Labute approximate surface area is 216 Å². The highest BCUT2D eigenvalue weighted by Gasteiger charge is 2.31. The first kappa shape index (κ1) is 25.8. The molecule has 0 N–H and O–H groups in total. The number of carbonyl (C=O) groups is 2. The summed E-state index contributed by atoms with van der Waals surface area (Å²) in [5.74, 6) is 1.43. The summed E-state index contributed by atoms with van der Waals surface area (Å²) in [4.78, 5) is 25.9. The van der Waals surface area contributed by atoms with Gasteiger partial charge in [-0.2, -0.15) is 0 Å². The molecule has 0 fully saturated rings. The predicted octanol–water partition coefficient (Wildman–Crippen LogP) is 6.15. The molecule has 0 saturated heterocycles. The summed E-state index contributed by atoms with van der Waals surface area (Å²) in [5, 5.41) is 0. The zero-order valence-corrected chi connectivity index (χ0v) is 22.1. The minimum atomic E-state index is -0.491. The van der Waals surface area contributed by atoms with E-state index in [-0.39, 0.29) is 17.0 Å². The molecule has 4 rings (SSSR count). The molecule has 0 aromatic heterocycles. The molecule has 0 amide bonds. The van der Waals surface area contributed by atoms with Gasteiger partial charge in [-0.05, 0) is 53.8 Å². The van der Waals surface area contributed by atoms with Crippen molar-refractivity contribution in [2.75, 3.05) is 21.3 Å². The summed E-state index contributed by atoms with van der Waals surface area (Å²) in [7, 11) is 4.58. The molecule has 3 aromatic carbocycles. The van der Waals surface area contributed by atoms with Gasteiger partial charge in [-0.3, -0.25) is 4.79 Å². The minimum absolute atomic E-state index is 0.0183. The van der Waals surface area contributed by atoms with Crippen LogP contribution in [0.3, 0.4) is 0 Å². The third kappa shape index (κ3) is 5.16. The van der Waals surface area contributed by atoms with Gasteiger partial charge < -0.3 is 23.7 Å². The third-order valence-electron chi connectivity index (χ3n) is 6.16. The second kappa shape index (κ2) is 10.0. The average Bonchev–Trinajstić information content (AvgIpc) is 3.18. The van der Waals surface area contributed by atoms with E-state index in [1.54, 1.807) is 49.4 Å². The smallest absolute Gasteiger partial charge is 0.343 e. The molecule has 0 aliphatic carbocycles. The van der Waals surface area contributed by atoms with Crippen molar-refractivity contribution < 1.29 is 33.3 Å². The summed E-state index contributed by atoms with van der Waals surface area (Å²) in [6.07, 6.45) is 1.59. The molecule has 0 saturated carbocycles. The quantitative estimate of drug-likeness (QED) is 0.227. The number of esters is 1. The van der Waals surface area contributed by atoms with Gasteiger partial charge in [-0.1, -0.05) is 32.9 Å². The molecule has 1 aliphatic rings. The minimum Gasteiger partial charge on any atom is -0.496 e. The van der Waals surface area contributed by atoms with Gasteiger partial charge in [0, 0.05) is 17.7 Å². The first-order valence-corrected chi connectivity index (χ1v) is 11.8. The SMILES string of the molecule is COc1cc(OC)c(OC)cc1/C=C1\Oc2cc(OC(=O)c3ccc(C(C)(C)C)cc3)cc(C)c2C1=O. The number of ether oxygens (including phenoxy) is 5. The molecule has 0 unspecified atom stereocenters. The van der Waals surface area contributed by atoms with Crippen LogP contribution < -0.4 is 23.7 Å². The number of rotatable bonds is 6. The highest BCUT2D eigenvalue weighted by atomic mass is 16.5. The van der Waals surface area contributed by atoms with Crippen LogP contribution in [0.15, 0.2) is 54.3 Å². The van der Waals surface area contributed by atoms with Gasteiger partial charge in [0.2, 0.25) is 5.78 Å². The fraction of sp³-hybridized carbons (Fsp3) is 0.267. The number of hydrogen-bond donors (Lipinski definition) is 0. The van der Waals surface area contributed by atoms with Gasteiger partial charge in [0.05, 0.1) is 32.5 Å². The number of allylic oxidation sites excluding steroid dienone is 1. The molecule has 37 heavy (non-hydrogen) atoms. The first-order chi connectivity index (χ1) is 17.5. The number of carbonyl (C=O) groups excluding carboxylic acids is 2. The summed E-state index contributed by atoms with van der Waals surface area (Å²) in [6, 6.07) is 13.9. The van der Waals surface area contributed by atoms with Crippen LogP contribution in [-0.2, 0) is 5.41 Å². The normalized spacial score (nSPS) is 13.7. The van der Waals surface area contributed by atoms with Crippen molar-refractivity contribution in [3.05, 3.63) is 82.1 Å². The Morgan fingerprint density at radius 3 is 2.08 bits per heavy atom. The molecule has 0 spiro atoms. The average molecular weight is 503 g/mol. The number of fused-ring (bicyclic) bond motifs is 1. The topological polar surface area (TPSA) is 80.3 Å². The van der Waals surface area contributed by atoms with E-state index >= 15 is 0 Å². The predicted molar refractivity (Wildman–Crippen MR) is 140 cm³/mol. The molecule has 3 aromatic rings. The van der Waals surface area contributed by atoms with Crippen molar-refractivity contribution in [3.63, 3.8) is 0 Å². The lowest BCUT2D eigenvalue weighted by Crippen LogP contribution is -2.13. The Morgan fingerprint density at radius 1 is 0.865 bits per heavy atom. The maximum absolute atomic E-state index is 13.2.